The molecule has 0 bridgehead atoms. The first-order chi connectivity index (χ1) is 10.7. The lowest BCUT2D eigenvalue weighted by Crippen LogP contribution is -2.26. The van der Waals surface area contributed by atoms with Crippen molar-refractivity contribution in [3.8, 4) is 5.82 Å². The van der Waals surface area contributed by atoms with Crippen molar-refractivity contribution in [1.82, 2.24) is 25.1 Å². The molecular weight excluding hydrogens is 302 g/mol. The van der Waals surface area contributed by atoms with Crippen LogP contribution in [0.15, 0.2) is 55.0 Å². The van der Waals surface area contributed by atoms with Gasteiger partial charge in [0.25, 0.3) is 5.91 Å². The number of pyridine rings is 1. The lowest BCUT2D eigenvalue weighted by molar-refractivity contribution is 0.0938. The van der Waals surface area contributed by atoms with Gasteiger partial charge in [0.15, 0.2) is 5.82 Å². The molecule has 2 aromatic heterocycles. The maximum Gasteiger partial charge on any atom is 0.289 e. The predicted octanol–water partition coefficient (Wildman–Crippen LogP) is 2.25. The van der Waals surface area contributed by atoms with Crippen LogP contribution in [0, 0.1) is 0 Å². The minimum atomic E-state index is -0.330. The highest BCUT2D eigenvalue weighted by atomic mass is 35.5. The van der Waals surface area contributed by atoms with Gasteiger partial charge in [0.1, 0.15) is 6.33 Å². The smallest absolute Gasteiger partial charge is 0.289 e. The van der Waals surface area contributed by atoms with Gasteiger partial charge >= 0.3 is 0 Å². The van der Waals surface area contributed by atoms with Crippen LogP contribution in [0.25, 0.3) is 5.82 Å². The highest BCUT2D eigenvalue weighted by Crippen LogP contribution is 2.10. The molecule has 0 saturated carbocycles. The van der Waals surface area contributed by atoms with E-state index in [1.807, 2.05) is 18.2 Å². The number of carbonyl (C=O) groups is 1. The number of halogens is 1. The maximum atomic E-state index is 12.3. The fourth-order valence-electron chi connectivity index (χ4n) is 1.95. The van der Waals surface area contributed by atoms with Gasteiger partial charge in [0.05, 0.1) is 0 Å². The van der Waals surface area contributed by atoms with Crippen LogP contribution in [0.3, 0.4) is 0 Å². The number of hydrogen-bond acceptors (Lipinski definition) is 4. The highest BCUT2D eigenvalue weighted by Gasteiger charge is 2.15. The Kier molecular flexibility index (Phi) is 4.11. The van der Waals surface area contributed by atoms with E-state index in [1.165, 1.54) is 11.0 Å². The highest BCUT2D eigenvalue weighted by molar-refractivity contribution is 6.30. The van der Waals surface area contributed by atoms with Gasteiger partial charge in [-0.25, -0.2) is 9.97 Å². The second-order valence-corrected chi connectivity index (χ2v) is 4.93. The van der Waals surface area contributed by atoms with Gasteiger partial charge in [0.2, 0.25) is 5.82 Å². The molecule has 110 valence electrons. The van der Waals surface area contributed by atoms with E-state index in [2.05, 4.69) is 20.4 Å². The maximum absolute atomic E-state index is 12.3. The molecule has 0 atom stereocenters. The summed E-state index contributed by atoms with van der Waals surface area (Å²) in [5, 5.41) is 7.46. The van der Waals surface area contributed by atoms with E-state index in [4.69, 9.17) is 11.6 Å². The Bertz CT molecular complexity index is 787. The summed E-state index contributed by atoms with van der Waals surface area (Å²) in [4.78, 5) is 20.4. The van der Waals surface area contributed by atoms with Gasteiger partial charge < -0.3 is 5.32 Å². The topological polar surface area (TPSA) is 72.7 Å². The average molecular weight is 314 g/mol. The number of carbonyl (C=O) groups excluding carboxylic acids is 1. The van der Waals surface area contributed by atoms with Crippen molar-refractivity contribution in [2.45, 2.75) is 6.54 Å². The third kappa shape index (κ3) is 3.12. The van der Waals surface area contributed by atoms with Gasteiger partial charge in [-0.05, 0) is 29.8 Å². The summed E-state index contributed by atoms with van der Waals surface area (Å²) in [7, 11) is 0. The second-order valence-electron chi connectivity index (χ2n) is 4.50. The molecule has 0 saturated heterocycles. The van der Waals surface area contributed by atoms with Crippen molar-refractivity contribution in [3.63, 3.8) is 0 Å². The van der Waals surface area contributed by atoms with Crippen molar-refractivity contribution in [2.24, 2.45) is 0 Å². The first-order valence-corrected chi connectivity index (χ1v) is 6.96. The molecule has 0 radical (unpaired) electrons. The Morgan fingerprint density at radius 2 is 2.09 bits per heavy atom. The fraction of sp³-hybridized carbons (Fsp3) is 0.0667. The molecule has 22 heavy (non-hydrogen) atoms. The van der Waals surface area contributed by atoms with Crippen LogP contribution in [0.4, 0.5) is 0 Å². The third-order valence-corrected chi connectivity index (χ3v) is 3.19. The zero-order valence-electron chi connectivity index (χ0n) is 11.5. The minimum Gasteiger partial charge on any atom is -0.345 e. The summed E-state index contributed by atoms with van der Waals surface area (Å²) >= 11 is 5.92. The summed E-state index contributed by atoms with van der Waals surface area (Å²) < 4.78 is 1.40. The zero-order valence-corrected chi connectivity index (χ0v) is 12.2. The Morgan fingerprint density at radius 3 is 2.86 bits per heavy atom. The number of nitrogens with one attached hydrogen (secondary N) is 1. The predicted molar refractivity (Wildman–Crippen MR) is 81.8 cm³/mol. The lowest BCUT2D eigenvalue weighted by Gasteiger charge is -2.06. The molecule has 3 rings (SSSR count). The van der Waals surface area contributed by atoms with Crippen LogP contribution in [0.5, 0.6) is 0 Å². The normalized spacial score (nSPS) is 10.4. The van der Waals surface area contributed by atoms with Gasteiger partial charge in [-0.15, -0.1) is 0 Å². The second kappa shape index (κ2) is 6.36. The van der Waals surface area contributed by atoms with Crippen molar-refractivity contribution in [2.75, 3.05) is 0 Å². The zero-order chi connectivity index (χ0) is 15.4. The molecule has 0 spiro atoms. The van der Waals surface area contributed by atoms with Gasteiger partial charge in [-0.1, -0.05) is 29.8 Å². The number of hydrogen-bond donors (Lipinski definition) is 1. The van der Waals surface area contributed by atoms with Crippen molar-refractivity contribution < 1.29 is 4.79 Å². The van der Waals surface area contributed by atoms with Crippen molar-refractivity contribution >= 4 is 17.5 Å². The van der Waals surface area contributed by atoms with Gasteiger partial charge in [-0.3, -0.25) is 4.79 Å². The molecule has 7 heteroatoms. The molecule has 1 amide bonds. The SMILES string of the molecule is O=C(NCc1cccc(Cl)c1)c1ncnn1-c1ccccn1. The van der Waals surface area contributed by atoms with Crippen LogP contribution in [-0.4, -0.2) is 25.7 Å². The molecule has 1 N–H and O–H groups in total. The number of nitrogens with zero attached hydrogens (tertiary/aromatic N) is 4. The molecule has 0 fully saturated rings. The summed E-state index contributed by atoms with van der Waals surface area (Å²) in [6.45, 7) is 0.356. The largest absolute Gasteiger partial charge is 0.345 e. The number of aromatic nitrogens is 4. The summed E-state index contributed by atoms with van der Waals surface area (Å²) in [6.07, 6.45) is 2.95. The van der Waals surface area contributed by atoms with E-state index < -0.39 is 0 Å². The Balaban J connectivity index is 1.75. The van der Waals surface area contributed by atoms with Gasteiger partial charge in [0, 0.05) is 17.8 Å². The number of amides is 1. The molecular formula is C15H12ClN5O. The molecule has 6 nitrogen and oxygen atoms in total. The van der Waals surface area contributed by atoms with E-state index in [9.17, 15) is 4.79 Å². The van der Waals surface area contributed by atoms with E-state index in [1.54, 1.807) is 30.5 Å². The van der Waals surface area contributed by atoms with Crippen molar-refractivity contribution in [1.29, 1.82) is 0 Å². The lowest BCUT2D eigenvalue weighted by atomic mass is 10.2. The van der Waals surface area contributed by atoms with E-state index in [-0.39, 0.29) is 11.7 Å². The fourth-order valence-corrected chi connectivity index (χ4v) is 2.16. The summed E-state index contributed by atoms with van der Waals surface area (Å²) in [5.74, 6) is 0.386. The molecule has 0 aliphatic carbocycles. The standard InChI is InChI=1S/C15H12ClN5O/c16-12-5-3-4-11(8-12)9-18-15(22)14-19-10-20-21(14)13-6-1-2-7-17-13/h1-8,10H,9H2,(H,18,22). The van der Waals surface area contributed by atoms with Gasteiger partial charge in [-0.2, -0.15) is 9.78 Å². The van der Waals surface area contributed by atoms with Crippen LogP contribution in [0.2, 0.25) is 5.02 Å². The molecule has 1 aromatic carbocycles. The summed E-state index contributed by atoms with van der Waals surface area (Å²) in [6, 6.07) is 12.7. The van der Waals surface area contributed by atoms with Crippen LogP contribution in [-0.2, 0) is 6.54 Å². The quantitative estimate of drug-likeness (QED) is 0.802. The Morgan fingerprint density at radius 1 is 1.18 bits per heavy atom. The number of benzene rings is 1. The Hall–Kier alpha value is -2.73. The molecule has 0 aliphatic rings. The van der Waals surface area contributed by atoms with E-state index in [0.717, 1.165) is 5.56 Å². The monoisotopic (exact) mass is 313 g/mol. The molecule has 0 unspecified atom stereocenters. The molecule has 0 aliphatic heterocycles. The summed E-state index contributed by atoms with van der Waals surface area (Å²) in [5.41, 5.74) is 0.907. The van der Waals surface area contributed by atoms with Crippen LogP contribution < -0.4 is 5.32 Å². The first kappa shape index (κ1) is 14.2. The number of rotatable bonds is 4. The molecule has 2 heterocycles. The minimum absolute atomic E-state index is 0.181. The third-order valence-electron chi connectivity index (χ3n) is 2.96. The van der Waals surface area contributed by atoms with E-state index in [0.29, 0.717) is 17.4 Å². The van der Waals surface area contributed by atoms with Crippen LogP contribution in [0.1, 0.15) is 16.2 Å². The van der Waals surface area contributed by atoms with E-state index >= 15 is 0 Å². The molecule has 3 aromatic rings. The van der Waals surface area contributed by atoms with Crippen LogP contribution >= 0.6 is 11.6 Å². The van der Waals surface area contributed by atoms with Crippen molar-refractivity contribution in [3.05, 3.63) is 71.4 Å². The Labute approximate surface area is 131 Å². The first-order valence-electron chi connectivity index (χ1n) is 6.58. The average Bonchev–Trinajstić information content (AvgIpc) is 3.03.